The minimum absolute atomic E-state index is 0.0988. The summed E-state index contributed by atoms with van der Waals surface area (Å²) in [5.41, 5.74) is 2.42. The standard InChI is InChI=1S/C16H20N2O2/c19-13-8-12(9-13)18-16(20)7-3-4-11-10-17-15-6-2-1-5-14(11)15/h1-2,5-6,10,12-13,17,19H,3-4,7-9H2,(H,18,20). The molecule has 20 heavy (non-hydrogen) atoms. The number of rotatable bonds is 5. The van der Waals surface area contributed by atoms with E-state index in [1.54, 1.807) is 0 Å². The molecule has 3 rings (SSSR count). The van der Waals surface area contributed by atoms with Crippen LogP contribution in [0, 0.1) is 0 Å². The van der Waals surface area contributed by atoms with Crippen LogP contribution in [0.5, 0.6) is 0 Å². The number of aromatic amines is 1. The minimum atomic E-state index is -0.216. The summed E-state index contributed by atoms with van der Waals surface area (Å²) in [6, 6.07) is 8.41. The van der Waals surface area contributed by atoms with Crippen LogP contribution in [0.3, 0.4) is 0 Å². The Labute approximate surface area is 118 Å². The summed E-state index contributed by atoms with van der Waals surface area (Å²) in [5.74, 6) is 0.0988. The molecule has 1 aliphatic carbocycles. The van der Waals surface area contributed by atoms with Crippen molar-refractivity contribution in [3.63, 3.8) is 0 Å². The van der Waals surface area contributed by atoms with E-state index in [1.165, 1.54) is 10.9 Å². The van der Waals surface area contributed by atoms with Crippen molar-refractivity contribution in [3.8, 4) is 0 Å². The van der Waals surface area contributed by atoms with Gasteiger partial charge in [-0.15, -0.1) is 0 Å². The van der Waals surface area contributed by atoms with Crippen molar-refractivity contribution < 1.29 is 9.90 Å². The number of hydrogen-bond acceptors (Lipinski definition) is 2. The van der Waals surface area contributed by atoms with E-state index >= 15 is 0 Å². The van der Waals surface area contributed by atoms with Crippen LogP contribution >= 0.6 is 0 Å². The Kier molecular flexibility index (Phi) is 3.74. The smallest absolute Gasteiger partial charge is 0.220 e. The number of fused-ring (bicyclic) bond motifs is 1. The van der Waals surface area contributed by atoms with E-state index in [-0.39, 0.29) is 18.1 Å². The van der Waals surface area contributed by atoms with Gasteiger partial charge in [0.1, 0.15) is 0 Å². The Morgan fingerprint density at radius 3 is 2.95 bits per heavy atom. The molecule has 1 fully saturated rings. The number of nitrogens with one attached hydrogen (secondary N) is 2. The van der Waals surface area contributed by atoms with E-state index in [0.29, 0.717) is 19.3 Å². The second-order valence-corrected chi connectivity index (χ2v) is 5.60. The van der Waals surface area contributed by atoms with Gasteiger partial charge in [0.15, 0.2) is 0 Å². The molecule has 1 saturated carbocycles. The van der Waals surface area contributed by atoms with Gasteiger partial charge in [0.2, 0.25) is 5.91 Å². The number of para-hydroxylation sites is 1. The van der Waals surface area contributed by atoms with Crippen molar-refractivity contribution >= 4 is 16.8 Å². The van der Waals surface area contributed by atoms with Gasteiger partial charge in [0.25, 0.3) is 0 Å². The highest BCUT2D eigenvalue weighted by molar-refractivity contribution is 5.83. The highest BCUT2D eigenvalue weighted by Crippen LogP contribution is 2.21. The van der Waals surface area contributed by atoms with E-state index in [0.717, 1.165) is 18.4 Å². The molecule has 0 aliphatic heterocycles. The molecule has 0 unspecified atom stereocenters. The Balaban J connectivity index is 1.46. The number of benzene rings is 1. The molecule has 0 radical (unpaired) electrons. The van der Waals surface area contributed by atoms with Crippen LogP contribution in [0.15, 0.2) is 30.5 Å². The van der Waals surface area contributed by atoms with Crippen LogP contribution in [-0.2, 0) is 11.2 Å². The Morgan fingerprint density at radius 2 is 2.15 bits per heavy atom. The lowest BCUT2D eigenvalue weighted by Crippen LogP contribution is -2.46. The summed E-state index contributed by atoms with van der Waals surface area (Å²) in [4.78, 5) is 15.0. The lowest BCUT2D eigenvalue weighted by Gasteiger charge is -2.31. The zero-order valence-electron chi connectivity index (χ0n) is 11.4. The highest BCUT2D eigenvalue weighted by Gasteiger charge is 2.27. The van der Waals surface area contributed by atoms with Gasteiger partial charge in [-0.05, 0) is 37.3 Å². The van der Waals surface area contributed by atoms with Crippen LogP contribution < -0.4 is 5.32 Å². The molecule has 2 aromatic rings. The summed E-state index contributed by atoms with van der Waals surface area (Å²) in [7, 11) is 0. The van der Waals surface area contributed by atoms with Gasteiger partial charge in [-0.1, -0.05) is 18.2 Å². The van der Waals surface area contributed by atoms with Crippen LogP contribution in [0.1, 0.15) is 31.2 Å². The number of amides is 1. The zero-order chi connectivity index (χ0) is 13.9. The van der Waals surface area contributed by atoms with Crippen LogP contribution in [0.2, 0.25) is 0 Å². The third-order valence-corrected chi connectivity index (χ3v) is 4.00. The first-order valence-corrected chi connectivity index (χ1v) is 7.25. The van der Waals surface area contributed by atoms with Crippen LogP contribution in [-0.4, -0.2) is 28.1 Å². The monoisotopic (exact) mass is 272 g/mol. The molecular formula is C16H20N2O2. The van der Waals surface area contributed by atoms with Gasteiger partial charge in [0, 0.05) is 29.6 Å². The largest absolute Gasteiger partial charge is 0.393 e. The van der Waals surface area contributed by atoms with Gasteiger partial charge < -0.3 is 15.4 Å². The van der Waals surface area contributed by atoms with Crippen molar-refractivity contribution in [1.29, 1.82) is 0 Å². The van der Waals surface area contributed by atoms with E-state index in [2.05, 4.69) is 22.4 Å². The highest BCUT2D eigenvalue weighted by atomic mass is 16.3. The van der Waals surface area contributed by atoms with Crippen molar-refractivity contribution in [2.75, 3.05) is 0 Å². The normalized spacial score (nSPS) is 21.6. The summed E-state index contributed by atoms with van der Waals surface area (Å²) in [6.07, 6.45) is 5.53. The molecule has 0 bridgehead atoms. The first-order chi connectivity index (χ1) is 9.72. The molecule has 106 valence electrons. The average Bonchev–Trinajstić information content (AvgIpc) is 2.81. The third-order valence-electron chi connectivity index (χ3n) is 4.00. The predicted molar refractivity (Wildman–Crippen MR) is 78.4 cm³/mol. The fourth-order valence-corrected chi connectivity index (χ4v) is 2.78. The van der Waals surface area contributed by atoms with Crippen molar-refractivity contribution in [2.45, 2.75) is 44.2 Å². The summed E-state index contributed by atoms with van der Waals surface area (Å²) < 4.78 is 0. The lowest BCUT2D eigenvalue weighted by atomic mass is 9.89. The van der Waals surface area contributed by atoms with E-state index in [9.17, 15) is 9.90 Å². The fraction of sp³-hybridized carbons (Fsp3) is 0.438. The van der Waals surface area contributed by atoms with E-state index in [4.69, 9.17) is 0 Å². The maximum Gasteiger partial charge on any atom is 0.220 e. The molecule has 0 saturated heterocycles. The quantitative estimate of drug-likeness (QED) is 0.780. The molecule has 1 aliphatic rings. The number of hydrogen-bond donors (Lipinski definition) is 3. The summed E-state index contributed by atoms with van der Waals surface area (Å²) in [5, 5.41) is 13.4. The Morgan fingerprint density at radius 1 is 1.35 bits per heavy atom. The van der Waals surface area contributed by atoms with E-state index in [1.807, 2.05) is 18.3 Å². The number of carbonyl (C=O) groups is 1. The van der Waals surface area contributed by atoms with Crippen LogP contribution in [0.25, 0.3) is 10.9 Å². The van der Waals surface area contributed by atoms with E-state index < -0.39 is 0 Å². The lowest BCUT2D eigenvalue weighted by molar-refractivity contribution is -0.123. The number of aromatic nitrogens is 1. The second kappa shape index (κ2) is 5.67. The number of carbonyl (C=O) groups excluding carboxylic acids is 1. The minimum Gasteiger partial charge on any atom is -0.393 e. The maximum absolute atomic E-state index is 11.7. The third kappa shape index (κ3) is 2.85. The molecule has 4 heteroatoms. The van der Waals surface area contributed by atoms with Crippen molar-refractivity contribution in [1.82, 2.24) is 10.3 Å². The molecule has 1 aromatic carbocycles. The van der Waals surface area contributed by atoms with Gasteiger partial charge in [-0.2, -0.15) is 0 Å². The first-order valence-electron chi connectivity index (χ1n) is 7.25. The Bertz CT molecular complexity index is 599. The molecular weight excluding hydrogens is 252 g/mol. The molecule has 3 N–H and O–H groups in total. The molecule has 0 atom stereocenters. The van der Waals surface area contributed by atoms with Gasteiger partial charge in [-0.3, -0.25) is 4.79 Å². The predicted octanol–water partition coefficient (Wildman–Crippen LogP) is 2.13. The fourth-order valence-electron chi connectivity index (χ4n) is 2.78. The Hall–Kier alpha value is -1.81. The molecule has 1 amide bonds. The second-order valence-electron chi connectivity index (χ2n) is 5.60. The zero-order valence-corrected chi connectivity index (χ0v) is 11.4. The average molecular weight is 272 g/mol. The van der Waals surface area contributed by atoms with Crippen LogP contribution in [0.4, 0.5) is 0 Å². The molecule has 1 heterocycles. The maximum atomic E-state index is 11.7. The number of H-pyrrole nitrogens is 1. The number of aliphatic hydroxyl groups excluding tert-OH is 1. The van der Waals surface area contributed by atoms with Gasteiger partial charge >= 0.3 is 0 Å². The SMILES string of the molecule is O=C(CCCc1c[nH]c2ccccc12)NC1CC(O)C1. The molecule has 4 nitrogen and oxygen atoms in total. The summed E-state index contributed by atoms with van der Waals surface area (Å²) >= 11 is 0. The number of aryl methyl sites for hydroxylation is 1. The molecule has 0 spiro atoms. The van der Waals surface area contributed by atoms with Gasteiger partial charge in [-0.25, -0.2) is 0 Å². The molecule has 1 aromatic heterocycles. The topological polar surface area (TPSA) is 65.1 Å². The summed E-state index contributed by atoms with van der Waals surface area (Å²) in [6.45, 7) is 0. The van der Waals surface area contributed by atoms with Crippen molar-refractivity contribution in [2.24, 2.45) is 0 Å². The first kappa shape index (κ1) is 13.2. The van der Waals surface area contributed by atoms with Gasteiger partial charge in [0.05, 0.1) is 6.10 Å². The van der Waals surface area contributed by atoms with Crippen molar-refractivity contribution in [3.05, 3.63) is 36.0 Å². The number of aliphatic hydroxyl groups is 1.